The van der Waals surface area contributed by atoms with E-state index in [0.717, 1.165) is 75.6 Å². The van der Waals surface area contributed by atoms with E-state index in [2.05, 4.69) is 47.3 Å². The van der Waals surface area contributed by atoms with Gasteiger partial charge in [-0.15, -0.1) is 12.4 Å². The third kappa shape index (κ3) is 25.6. The number of benzene rings is 1. The van der Waals surface area contributed by atoms with Gasteiger partial charge in [0, 0.05) is 67.6 Å². The number of amides is 5. The number of Topliss-reactive ketones (excluding diaryl/α,β-unsaturated/α-hetero) is 6. The number of carboxylic acid groups (broad SMARTS) is 1. The van der Waals surface area contributed by atoms with Crippen molar-refractivity contribution in [2.45, 2.75) is 210 Å². The summed E-state index contributed by atoms with van der Waals surface area (Å²) in [6.45, 7) is 24.0. The highest BCUT2D eigenvalue weighted by atomic mass is 35.5. The summed E-state index contributed by atoms with van der Waals surface area (Å²) in [5.74, 6) is -7.79. The van der Waals surface area contributed by atoms with Crippen molar-refractivity contribution in [2.75, 3.05) is 66.6 Å². The SMILES string of the molecule is CC#CC(=O)C(=O)OCC.CC(=O)[C@@H]1CCCN1.CCOC(=O)C(=O)c1c(C)c(C(=O)OC)n2c1CCC2.COC(=O)C(=O)N1CCC[C@H]1C(=O)O.COC(=O)C(=O)N1CCC[C@H]1C(C)=O.COC(=O)c1c(C)c(C(=O)C(=O)NC(C)C)c2n1CCC2.Cc1c(C(=O)C(=O)NC(C)C)c2n(c1C(=O)Nc1ccc(F)c(Cl)c1)CCC2.Cl. The minimum absolute atomic E-state index is 0. The Morgan fingerprint density at radius 2 is 0.966 bits per heavy atom. The Morgan fingerprint density at radius 3 is 1.33 bits per heavy atom. The standard InChI is InChI=1S/C20H21ClFN3O3.C15H20N2O4.C14H17NO5.C9H13NO4.C8H11NO5.C7H8O3.C6H11NO.ClH/c1-10(2)23-20(28)18(26)16-11(3)17(25-8-4-5-15(16)25)19(27)24-12-6-7-14(22)13(21)9-12;1-8(2)16-14(19)13(18)11-9(3)12(15(20)21-4)17-7-5-6-10(11)17;1-4-20-14(18)12(16)10-8(2)11(13(17)19-3)15-7-5-6-9(10)15;1-6(11)7-4-3-5-10(7)8(12)9(13)14-2;1-14-8(13)6(10)9-4-2-3-5(9)7(11)12;1-3-5-6(8)7(9)10-4-2;1-5(8)6-3-2-4-7-6;/h6-7,9-10H,4-5,8H2,1-3H3,(H,23,28)(H,24,27);8H,5-7H2,1-4H3,(H,16,19);4-7H2,1-3H3;7H,3-5H2,1-2H3;5H,2-4H2,1H3,(H,11,12);4H2,1-2H3;6-7H,2-4H2,1H3;1H/t;;;7-;5-;;6-;/m...00.0./s1. The smallest absolute Gasteiger partial charge is 0.396 e. The fourth-order valence-electron chi connectivity index (χ4n) is 13.5. The number of likely N-dealkylation sites (tertiary alicyclic amines) is 2. The molecule has 0 unspecified atom stereocenters. The van der Waals surface area contributed by atoms with Gasteiger partial charge in [0.25, 0.3) is 35.1 Å². The number of methoxy groups -OCH3 is 4. The van der Waals surface area contributed by atoms with Gasteiger partial charge in [0.2, 0.25) is 0 Å². The highest BCUT2D eigenvalue weighted by Gasteiger charge is 2.40. The minimum atomic E-state index is -1.08. The number of esters is 6. The second-order valence-electron chi connectivity index (χ2n) is 27.1. The molecule has 9 heterocycles. The van der Waals surface area contributed by atoms with Gasteiger partial charge in [-0.25, -0.2) is 38.0 Å². The van der Waals surface area contributed by atoms with Crippen molar-refractivity contribution >= 4 is 136 Å². The number of rotatable bonds is 18. The van der Waals surface area contributed by atoms with E-state index in [1.807, 2.05) is 0 Å². The van der Waals surface area contributed by atoms with Crippen molar-refractivity contribution in [3.63, 3.8) is 0 Å². The van der Waals surface area contributed by atoms with Gasteiger partial charge in [-0.05, 0) is 207 Å². The lowest BCUT2D eigenvalue weighted by atomic mass is 10.0. The fraction of sp³-hybridized carbons (Fsp3) is 0.519. The van der Waals surface area contributed by atoms with Crippen molar-refractivity contribution in [2.24, 2.45) is 0 Å². The number of hydrogen-bond acceptors (Lipinski definition) is 25. The van der Waals surface area contributed by atoms with Crippen LogP contribution >= 0.6 is 24.0 Å². The lowest BCUT2D eigenvalue weighted by Gasteiger charge is -2.20. The number of ketones is 6. The lowest BCUT2D eigenvalue weighted by molar-refractivity contribution is -0.161. The molecule has 10 rings (SSSR count). The molecule has 6 aliphatic heterocycles. The Bertz CT molecular complexity index is 4420. The fourth-order valence-corrected chi connectivity index (χ4v) is 13.7. The number of ether oxygens (including phenoxy) is 6. The quantitative estimate of drug-likeness (QED) is 0.0194. The summed E-state index contributed by atoms with van der Waals surface area (Å²) in [6, 6.07) is 2.46. The highest BCUT2D eigenvalue weighted by Crippen LogP contribution is 2.34. The van der Waals surface area contributed by atoms with E-state index in [1.165, 1.54) is 51.2 Å². The molecule has 3 atom stereocenters. The second-order valence-corrected chi connectivity index (χ2v) is 27.5. The summed E-state index contributed by atoms with van der Waals surface area (Å²) < 4.78 is 45.9. The van der Waals surface area contributed by atoms with E-state index in [0.29, 0.717) is 128 Å². The molecule has 1 aromatic carbocycles. The van der Waals surface area contributed by atoms with Crippen LogP contribution in [0.1, 0.15) is 216 Å². The van der Waals surface area contributed by atoms with E-state index in [-0.39, 0.29) is 65.9 Å². The maximum Gasteiger partial charge on any atom is 0.396 e. The van der Waals surface area contributed by atoms with Crippen LogP contribution in [0.5, 0.6) is 0 Å². The number of carbonyl (C=O) groups excluding carboxylic acids is 17. The van der Waals surface area contributed by atoms with Gasteiger partial charge in [-0.2, -0.15) is 0 Å². The van der Waals surface area contributed by atoms with Gasteiger partial charge in [0.15, 0.2) is 5.78 Å². The summed E-state index contributed by atoms with van der Waals surface area (Å²) in [4.78, 5) is 210. The predicted molar refractivity (Wildman–Crippen MR) is 417 cm³/mol. The first-order valence-electron chi connectivity index (χ1n) is 37.2. The molecule has 0 saturated carbocycles. The van der Waals surface area contributed by atoms with Crippen LogP contribution in [0, 0.1) is 38.4 Å². The van der Waals surface area contributed by atoms with Crippen molar-refractivity contribution in [1.82, 2.24) is 39.5 Å². The molecule has 34 nitrogen and oxygen atoms in total. The Labute approximate surface area is 681 Å². The third-order valence-corrected chi connectivity index (χ3v) is 18.8. The number of carbonyl (C=O) groups is 18. The molecule has 6 aliphatic rings. The molecule has 0 aliphatic carbocycles. The molecule has 0 spiro atoms. The van der Waals surface area contributed by atoms with Crippen LogP contribution in [0.2, 0.25) is 5.02 Å². The van der Waals surface area contributed by atoms with Crippen molar-refractivity contribution in [3.8, 4) is 11.8 Å². The number of carboxylic acids is 1. The molecule has 3 fully saturated rings. The van der Waals surface area contributed by atoms with Crippen molar-refractivity contribution in [1.29, 1.82) is 0 Å². The molecule has 0 radical (unpaired) electrons. The van der Waals surface area contributed by atoms with Gasteiger partial charge in [-0.3, -0.25) is 52.7 Å². The Kier molecular flexibility index (Phi) is 40.0. The van der Waals surface area contributed by atoms with Crippen LogP contribution in [0.4, 0.5) is 10.1 Å². The average Bonchev–Trinajstić information content (AvgIpc) is 1.61. The molecule has 634 valence electrons. The first-order chi connectivity index (χ1) is 54.3. The Balaban J connectivity index is 0.000000361. The minimum Gasteiger partial charge on any atom is -0.480 e. The van der Waals surface area contributed by atoms with Gasteiger partial charge >= 0.3 is 59.4 Å². The predicted octanol–water partition coefficient (Wildman–Crippen LogP) is 5.87. The number of aliphatic carboxylic acids is 1. The highest BCUT2D eigenvalue weighted by molar-refractivity contribution is 6.45. The van der Waals surface area contributed by atoms with Gasteiger partial charge < -0.3 is 78.3 Å². The lowest BCUT2D eigenvalue weighted by Crippen LogP contribution is -2.44. The molecule has 116 heavy (non-hydrogen) atoms. The summed E-state index contributed by atoms with van der Waals surface area (Å²) in [5.41, 5.74) is 6.00. The Hall–Kier alpha value is -11.3. The van der Waals surface area contributed by atoms with Crippen LogP contribution in [-0.4, -0.2) is 226 Å². The molecular weight excluding hydrogens is 1560 g/mol. The molecule has 5 amide bonds. The molecule has 3 aromatic heterocycles. The van der Waals surface area contributed by atoms with Gasteiger partial charge in [0.1, 0.15) is 34.7 Å². The molecule has 5 N–H and O–H groups in total. The third-order valence-electron chi connectivity index (χ3n) is 18.5. The maximum atomic E-state index is 13.3. The Morgan fingerprint density at radius 1 is 0.552 bits per heavy atom. The largest absolute Gasteiger partial charge is 0.480 e. The number of halogens is 3. The first kappa shape index (κ1) is 98.9. The topological polar surface area (TPSA) is 452 Å². The zero-order valence-electron chi connectivity index (χ0n) is 67.9. The number of fused-ring (bicyclic) bond motifs is 3. The number of aromatic nitrogens is 3. The normalized spacial score (nSPS) is 15.3. The van der Waals surface area contributed by atoms with Crippen LogP contribution in [0.15, 0.2) is 18.2 Å². The average molecular weight is 1670 g/mol. The zero-order valence-corrected chi connectivity index (χ0v) is 69.5. The molecular formula is C79H102Cl2FN9O25. The summed E-state index contributed by atoms with van der Waals surface area (Å²) in [5, 5.41) is 19.6. The van der Waals surface area contributed by atoms with Crippen molar-refractivity contribution in [3.05, 3.63) is 96.6 Å². The van der Waals surface area contributed by atoms with E-state index < -0.39 is 112 Å². The monoisotopic (exact) mass is 1670 g/mol. The van der Waals surface area contributed by atoms with Crippen LogP contribution in [0.25, 0.3) is 0 Å². The molecule has 37 heteroatoms. The second kappa shape index (κ2) is 46.9. The van der Waals surface area contributed by atoms with E-state index in [4.69, 9.17) is 30.9 Å². The zero-order chi connectivity index (χ0) is 86.6. The van der Waals surface area contributed by atoms with E-state index in [1.54, 1.807) is 82.9 Å². The van der Waals surface area contributed by atoms with E-state index >= 15 is 0 Å². The summed E-state index contributed by atoms with van der Waals surface area (Å²) >= 11 is 5.77. The van der Waals surface area contributed by atoms with Crippen LogP contribution in [0.3, 0.4) is 0 Å². The molecule has 0 bridgehead atoms. The van der Waals surface area contributed by atoms with Crippen LogP contribution < -0.4 is 21.3 Å². The van der Waals surface area contributed by atoms with Crippen molar-refractivity contribution < 1.29 is 124 Å². The number of hydrogen-bond donors (Lipinski definition) is 5. The summed E-state index contributed by atoms with van der Waals surface area (Å²) in [7, 11) is 4.85. The number of anilines is 1. The summed E-state index contributed by atoms with van der Waals surface area (Å²) in [6.07, 6.45) is 9.01. The van der Waals surface area contributed by atoms with Gasteiger partial charge in [-0.1, -0.05) is 17.5 Å². The van der Waals surface area contributed by atoms with Gasteiger partial charge in [0.05, 0.1) is 75.4 Å². The van der Waals surface area contributed by atoms with Crippen LogP contribution in [-0.2, 0) is 125 Å². The molecule has 4 aromatic rings. The maximum absolute atomic E-state index is 13.3. The number of nitrogens with zero attached hydrogens (tertiary/aromatic N) is 5. The molecule has 3 saturated heterocycles. The first-order valence-corrected chi connectivity index (χ1v) is 37.6. The van der Waals surface area contributed by atoms with E-state index in [9.17, 15) is 90.7 Å². The number of nitrogens with one attached hydrogen (secondary N) is 4.